The van der Waals surface area contributed by atoms with Crippen LogP contribution in [0.4, 0.5) is 5.95 Å². The van der Waals surface area contributed by atoms with Crippen LogP contribution in [0.3, 0.4) is 0 Å². The van der Waals surface area contributed by atoms with Crippen LogP contribution < -0.4 is 5.73 Å². The number of halogens is 1. The number of benzene rings is 1. The SMILES string of the molecule is Cn1ccc(CCn2c(N)nc3cc(Br)ccc32)n1. The lowest BCUT2D eigenvalue weighted by Gasteiger charge is -2.04. The number of imidazole rings is 1. The van der Waals surface area contributed by atoms with E-state index in [2.05, 4.69) is 26.0 Å². The second-order valence-electron chi connectivity index (χ2n) is 4.49. The van der Waals surface area contributed by atoms with Gasteiger partial charge in [-0.05, 0) is 24.3 Å². The Hall–Kier alpha value is -1.82. The van der Waals surface area contributed by atoms with Gasteiger partial charge in [-0.3, -0.25) is 4.68 Å². The summed E-state index contributed by atoms with van der Waals surface area (Å²) in [6.07, 6.45) is 2.79. The Bertz CT molecular complexity index is 728. The Kier molecular flexibility index (Phi) is 3.02. The minimum atomic E-state index is 0.545. The second-order valence-corrected chi connectivity index (χ2v) is 5.40. The zero-order valence-electron chi connectivity index (χ0n) is 10.5. The molecule has 0 bridgehead atoms. The molecule has 0 saturated heterocycles. The van der Waals surface area contributed by atoms with Crippen molar-refractivity contribution in [2.45, 2.75) is 13.0 Å². The van der Waals surface area contributed by atoms with Gasteiger partial charge in [0.25, 0.3) is 0 Å². The molecular formula is C13H14BrN5. The molecule has 0 aliphatic heterocycles. The summed E-state index contributed by atoms with van der Waals surface area (Å²) in [6.45, 7) is 0.779. The predicted molar refractivity (Wildman–Crippen MR) is 78.8 cm³/mol. The van der Waals surface area contributed by atoms with Gasteiger partial charge in [-0.25, -0.2) is 4.98 Å². The van der Waals surface area contributed by atoms with Crippen molar-refractivity contribution in [3.05, 3.63) is 40.6 Å². The summed E-state index contributed by atoms with van der Waals surface area (Å²) in [5.41, 5.74) is 9.00. The van der Waals surface area contributed by atoms with Gasteiger partial charge in [0.2, 0.25) is 5.95 Å². The molecule has 2 heterocycles. The third kappa shape index (κ3) is 2.35. The predicted octanol–water partition coefficient (Wildman–Crippen LogP) is 2.36. The summed E-state index contributed by atoms with van der Waals surface area (Å²) >= 11 is 3.44. The number of fused-ring (bicyclic) bond motifs is 1. The Morgan fingerprint density at radius 3 is 2.89 bits per heavy atom. The maximum atomic E-state index is 5.98. The highest BCUT2D eigenvalue weighted by molar-refractivity contribution is 9.10. The number of nitrogens with zero attached hydrogens (tertiary/aromatic N) is 4. The first-order chi connectivity index (χ1) is 9.13. The van der Waals surface area contributed by atoms with Crippen LogP contribution in [0, 0.1) is 0 Å². The molecule has 3 rings (SSSR count). The molecule has 0 unspecified atom stereocenters. The summed E-state index contributed by atoms with van der Waals surface area (Å²) in [7, 11) is 1.92. The molecule has 19 heavy (non-hydrogen) atoms. The van der Waals surface area contributed by atoms with Crippen LogP contribution in [0.25, 0.3) is 11.0 Å². The van der Waals surface area contributed by atoms with E-state index in [0.717, 1.165) is 34.2 Å². The number of nitrogen functional groups attached to an aromatic ring is 1. The first-order valence-corrected chi connectivity index (χ1v) is 6.82. The van der Waals surface area contributed by atoms with E-state index < -0.39 is 0 Å². The molecule has 98 valence electrons. The smallest absolute Gasteiger partial charge is 0.201 e. The first kappa shape index (κ1) is 12.2. The van der Waals surface area contributed by atoms with Crippen molar-refractivity contribution in [3.8, 4) is 0 Å². The van der Waals surface area contributed by atoms with Gasteiger partial charge in [0.1, 0.15) is 0 Å². The Labute approximate surface area is 119 Å². The van der Waals surface area contributed by atoms with Gasteiger partial charge >= 0.3 is 0 Å². The van der Waals surface area contributed by atoms with Gasteiger partial charge in [-0.15, -0.1) is 0 Å². The standard InChI is InChI=1S/C13H14BrN5/c1-18-6-4-10(17-18)5-7-19-12-3-2-9(14)8-11(12)16-13(19)15/h2-4,6,8H,5,7H2,1H3,(H2,15,16). The van der Waals surface area contributed by atoms with Gasteiger partial charge in [-0.2, -0.15) is 5.10 Å². The molecule has 0 fully saturated rings. The third-order valence-corrected chi connectivity index (χ3v) is 3.59. The fourth-order valence-electron chi connectivity index (χ4n) is 2.18. The van der Waals surface area contributed by atoms with E-state index >= 15 is 0 Å². The van der Waals surface area contributed by atoms with Gasteiger partial charge in [0.05, 0.1) is 16.7 Å². The van der Waals surface area contributed by atoms with E-state index in [1.807, 2.05) is 46.8 Å². The zero-order valence-corrected chi connectivity index (χ0v) is 12.1. The minimum absolute atomic E-state index is 0.545. The van der Waals surface area contributed by atoms with Crippen LogP contribution in [0.1, 0.15) is 5.69 Å². The topological polar surface area (TPSA) is 61.7 Å². The lowest BCUT2D eigenvalue weighted by molar-refractivity contribution is 0.683. The van der Waals surface area contributed by atoms with Crippen molar-refractivity contribution >= 4 is 32.9 Å². The quantitative estimate of drug-likeness (QED) is 0.806. The van der Waals surface area contributed by atoms with Gasteiger partial charge in [0.15, 0.2) is 0 Å². The third-order valence-electron chi connectivity index (χ3n) is 3.10. The Morgan fingerprint density at radius 1 is 1.32 bits per heavy atom. The molecule has 6 heteroatoms. The van der Waals surface area contributed by atoms with Gasteiger partial charge in [-0.1, -0.05) is 15.9 Å². The number of hydrogen-bond donors (Lipinski definition) is 1. The van der Waals surface area contributed by atoms with E-state index in [1.165, 1.54) is 0 Å². The van der Waals surface area contributed by atoms with Crippen LogP contribution in [0.2, 0.25) is 0 Å². The average Bonchev–Trinajstić information content (AvgIpc) is 2.89. The minimum Gasteiger partial charge on any atom is -0.369 e. The molecule has 2 aromatic heterocycles. The van der Waals surface area contributed by atoms with Gasteiger partial charge < -0.3 is 10.3 Å². The number of nitrogens with two attached hydrogens (primary N) is 1. The highest BCUT2D eigenvalue weighted by Gasteiger charge is 2.09. The fourth-order valence-corrected chi connectivity index (χ4v) is 2.53. The highest BCUT2D eigenvalue weighted by Crippen LogP contribution is 2.22. The molecule has 1 aromatic carbocycles. The van der Waals surface area contributed by atoms with Crippen molar-refractivity contribution in [2.24, 2.45) is 7.05 Å². The monoisotopic (exact) mass is 319 g/mol. The summed E-state index contributed by atoms with van der Waals surface area (Å²) in [5, 5.41) is 4.37. The summed E-state index contributed by atoms with van der Waals surface area (Å²) < 4.78 is 4.84. The molecule has 0 aliphatic carbocycles. The van der Waals surface area contributed by atoms with Crippen molar-refractivity contribution in [1.29, 1.82) is 0 Å². The molecule has 0 spiro atoms. The van der Waals surface area contributed by atoms with Crippen LogP contribution in [0.5, 0.6) is 0 Å². The average molecular weight is 320 g/mol. The molecule has 0 saturated carbocycles. The number of hydrogen-bond acceptors (Lipinski definition) is 3. The van der Waals surface area contributed by atoms with E-state index in [0.29, 0.717) is 5.95 Å². The number of aromatic nitrogens is 4. The van der Waals surface area contributed by atoms with Crippen molar-refractivity contribution in [1.82, 2.24) is 19.3 Å². The molecule has 0 aliphatic rings. The summed E-state index contributed by atoms with van der Waals surface area (Å²) in [4.78, 5) is 4.38. The Balaban J connectivity index is 1.90. The summed E-state index contributed by atoms with van der Waals surface area (Å²) in [6, 6.07) is 8.02. The molecule has 0 atom stereocenters. The molecule has 5 nitrogen and oxygen atoms in total. The lowest BCUT2D eigenvalue weighted by Crippen LogP contribution is -2.06. The van der Waals surface area contributed by atoms with Crippen LogP contribution >= 0.6 is 15.9 Å². The normalized spacial score (nSPS) is 11.3. The van der Waals surface area contributed by atoms with Crippen LogP contribution in [-0.2, 0) is 20.0 Å². The molecule has 2 N–H and O–H groups in total. The van der Waals surface area contributed by atoms with E-state index in [-0.39, 0.29) is 0 Å². The highest BCUT2D eigenvalue weighted by atomic mass is 79.9. The van der Waals surface area contributed by atoms with E-state index in [1.54, 1.807) is 0 Å². The van der Waals surface area contributed by atoms with Crippen molar-refractivity contribution in [3.63, 3.8) is 0 Å². The number of aryl methyl sites for hydroxylation is 3. The van der Waals surface area contributed by atoms with E-state index in [9.17, 15) is 0 Å². The molecule has 0 radical (unpaired) electrons. The van der Waals surface area contributed by atoms with Crippen LogP contribution in [-0.4, -0.2) is 19.3 Å². The maximum absolute atomic E-state index is 5.98. The second kappa shape index (κ2) is 4.70. The van der Waals surface area contributed by atoms with E-state index in [4.69, 9.17) is 5.73 Å². The summed E-state index contributed by atoms with van der Waals surface area (Å²) in [5.74, 6) is 0.545. The maximum Gasteiger partial charge on any atom is 0.201 e. The van der Waals surface area contributed by atoms with Crippen LogP contribution in [0.15, 0.2) is 34.9 Å². The lowest BCUT2D eigenvalue weighted by atomic mass is 10.3. The molecule has 0 amide bonds. The molecular weight excluding hydrogens is 306 g/mol. The van der Waals surface area contributed by atoms with Gasteiger partial charge in [0, 0.05) is 30.7 Å². The fraction of sp³-hybridized carbons (Fsp3) is 0.231. The van der Waals surface area contributed by atoms with Crippen molar-refractivity contribution in [2.75, 3.05) is 5.73 Å². The van der Waals surface area contributed by atoms with Crippen molar-refractivity contribution < 1.29 is 0 Å². The molecule has 3 aromatic rings. The number of anilines is 1. The first-order valence-electron chi connectivity index (χ1n) is 6.03. The zero-order chi connectivity index (χ0) is 13.4. The largest absolute Gasteiger partial charge is 0.369 e. The Morgan fingerprint density at radius 2 is 2.16 bits per heavy atom. The number of rotatable bonds is 3.